The Bertz CT molecular complexity index is 1150. The molecule has 0 saturated carbocycles. The molecule has 0 spiro atoms. The van der Waals surface area contributed by atoms with Crippen LogP contribution in [0.1, 0.15) is 6.42 Å². The van der Waals surface area contributed by atoms with Crippen molar-refractivity contribution in [3.05, 3.63) is 53.1 Å². The summed E-state index contributed by atoms with van der Waals surface area (Å²) in [5.74, 6) is -1.29. The highest BCUT2D eigenvalue weighted by Gasteiger charge is 2.34. The molecule has 2 aliphatic rings. The average Bonchev–Trinajstić information content (AvgIpc) is 3.05. The van der Waals surface area contributed by atoms with Crippen molar-refractivity contribution in [1.82, 2.24) is 9.80 Å². The zero-order chi connectivity index (χ0) is 23.6. The molecule has 1 saturated heterocycles. The number of nitrogens with two attached hydrogens (primary N) is 1. The number of carbonyl (C=O) groups is 2. The number of thioether (sulfide) groups is 1. The Morgan fingerprint density at radius 1 is 1.12 bits per heavy atom. The van der Waals surface area contributed by atoms with E-state index >= 15 is 0 Å². The molecular formula is C20H22N4O5S3. The molecule has 2 amide bonds. The van der Waals surface area contributed by atoms with Gasteiger partial charge in [-0.3, -0.25) is 23.9 Å². The monoisotopic (exact) mass is 494 g/mol. The maximum atomic E-state index is 12.4. The first-order chi connectivity index (χ1) is 15.0. The molecule has 0 aliphatic carbocycles. The number of nitrogen functional groups attached to an aromatic ring is 1. The summed E-state index contributed by atoms with van der Waals surface area (Å²) >= 11 is 6.53. The van der Waals surface area contributed by atoms with Gasteiger partial charge in [0.05, 0.1) is 16.5 Å². The molecular weight excluding hydrogens is 472 g/mol. The van der Waals surface area contributed by atoms with E-state index in [1.165, 1.54) is 41.7 Å². The van der Waals surface area contributed by atoms with Crippen molar-refractivity contribution < 1.29 is 22.6 Å². The van der Waals surface area contributed by atoms with Crippen molar-refractivity contribution in [2.75, 3.05) is 37.0 Å². The first kappa shape index (κ1) is 24.0. The van der Waals surface area contributed by atoms with Gasteiger partial charge in [-0.1, -0.05) is 23.9 Å². The van der Waals surface area contributed by atoms with Gasteiger partial charge in [0, 0.05) is 31.2 Å². The topological polar surface area (TPSA) is 124 Å². The van der Waals surface area contributed by atoms with Crippen LogP contribution in [-0.4, -0.2) is 66.1 Å². The van der Waals surface area contributed by atoms with E-state index in [2.05, 4.69) is 0 Å². The number of thiocarbonyl (C=S) groups is 1. The number of hydrogen-bond donors (Lipinski definition) is 2. The predicted molar refractivity (Wildman–Crippen MR) is 129 cm³/mol. The van der Waals surface area contributed by atoms with Gasteiger partial charge in [0.15, 0.2) is 5.11 Å². The summed E-state index contributed by atoms with van der Waals surface area (Å²) in [6, 6.07) is 5.44. The van der Waals surface area contributed by atoms with E-state index in [0.29, 0.717) is 12.2 Å². The zero-order valence-electron chi connectivity index (χ0n) is 17.4. The van der Waals surface area contributed by atoms with E-state index in [1.807, 2.05) is 17.0 Å². The van der Waals surface area contributed by atoms with Gasteiger partial charge in [-0.25, -0.2) is 0 Å². The lowest BCUT2D eigenvalue weighted by Crippen LogP contribution is -2.52. The summed E-state index contributed by atoms with van der Waals surface area (Å²) in [7, 11) is -1.03. The second kappa shape index (κ2) is 9.45. The maximum absolute atomic E-state index is 12.4. The third-order valence-electron chi connectivity index (χ3n) is 4.80. The minimum Gasteiger partial charge on any atom is -0.399 e. The minimum absolute atomic E-state index is 0.00149. The van der Waals surface area contributed by atoms with Crippen molar-refractivity contribution in [1.29, 1.82) is 0 Å². The number of fused-ring (bicyclic) bond motifs is 1. The Hall–Kier alpha value is -2.67. The molecule has 0 radical (unpaired) electrons. The molecule has 1 fully saturated rings. The lowest BCUT2D eigenvalue weighted by Gasteiger charge is -2.31. The Labute approximate surface area is 196 Å². The molecule has 2 aliphatic heterocycles. The molecule has 32 heavy (non-hydrogen) atoms. The number of anilines is 2. The van der Waals surface area contributed by atoms with Crippen LogP contribution in [0.4, 0.5) is 11.4 Å². The van der Waals surface area contributed by atoms with Crippen LogP contribution in [0.3, 0.4) is 0 Å². The van der Waals surface area contributed by atoms with Gasteiger partial charge in [0.25, 0.3) is 21.9 Å². The lowest BCUT2D eigenvalue weighted by atomic mass is 10.1. The molecule has 3 rings (SSSR count). The highest BCUT2D eigenvalue weighted by Crippen LogP contribution is 2.46. The summed E-state index contributed by atoms with van der Waals surface area (Å²) in [4.78, 5) is 30.0. The quantitative estimate of drug-likeness (QED) is 0.201. The fraction of sp³-hybridized carbons (Fsp3) is 0.250. The van der Waals surface area contributed by atoms with Crippen LogP contribution in [0.2, 0.25) is 0 Å². The number of rotatable bonds is 6. The predicted octanol–water partition coefficient (Wildman–Crippen LogP) is 2.00. The fourth-order valence-corrected chi connectivity index (χ4v) is 4.97. The first-order valence-corrected chi connectivity index (χ1v) is 12.3. The second-order valence-electron chi connectivity index (χ2n) is 7.10. The fourth-order valence-electron chi connectivity index (χ4n) is 3.17. The molecule has 170 valence electrons. The number of benzene rings is 1. The van der Waals surface area contributed by atoms with E-state index in [0.717, 1.165) is 15.6 Å². The summed E-state index contributed by atoms with van der Waals surface area (Å²) in [5, 5.41) is 0.954. The zero-order valence-corrected chi connectivity index (χ0v) is 19.8. The number of amides is 2. The van der Waals surface area contributed by atoms with E-state index in [4.69, 9.17) is 22.5 Å². The molecule has 3 N–H and O–H groups in total. The molecule has 0 bridgehead atoms. The van der Waals surface area contributed by atoms with Gasteiger partial charge in [-0.05, 0) is 49.0 Å². The SMILES string of the molecule is CN1C(=O)C(=C/C=C/C=C2/Sc3cc(N)ccc3N2CCCS(=O)(=O)O)C(=O)N(C)C1=S. The molecule has 12 heteroatoms. The van der Waals surface area contributed by atoms with Crippen LogP contribution in [0.25, 0.3) is 0 Å². The first-order valence-electron chi connectivity index (χ1n) is 9.48. The highest BCUT2D eigenvalue weighted by atomic mass is 32.2. The molecule has 0 unspecified atom stereocenters. The minimum atomic E-state index is -4.05. The summed E-state index contributed by atoms with van der Waals surface area (Å²) in [5.41, 5.74) is 7.36. The van der Waals surface area contributed by atoms with Crippen molar-refractivity contribution in [3.63, 3.8) is 0 Å². The summed E-state index contributed by atoms with van der Waals surface area (Å²) in [6.07, 6.45) is 6.73. The Balaban J connectivity index is 1.81. The van der Waals surface area contributed by atoms with Crippen molar-refractivity contribution in [2.24, 2.45) is 0 Å². The van der Waals surface area contributed by atoms with E-state index in [-0.39, 0.29) is 22.9 Å². The van der Waals surface area contributed by atoms with Gasteiger partial charge >= 0.3 is 0 Å². The largest absolute Gasteiger partial charge is 0.399 e. The normalized spacial score (nSPS) is 18.3. The van der Waals surface area contributed by atoms with Gasteiger partial charge in [0.2, 0.25) is 0 Å². The van der Waals surface area contributed by atoms with E-state index in [1.54, 1.807) is 24.3 Å². The van der Waals surface area contributed by atoms with Crippen LogP contribution in [0, 0.1) is 0 Å². The van der Waals surface area contributed by atoms with Crippen LogP contribution in [-0.2, 0) is 19.7 Å². The van der Waals surface area contributed by atoms with Crippen LogP contribution in [0.15, 0.2) is 58.0 Å². The molecule has 1 aromatic carbocycles. The van der Waals surface area contributed by atoms with Crippen LogP contribution in [0.5, 0.6) is 0 Å². The standard InChI is InChI=1S/C20H22N4O5S3/c1-22-18(25)14(19(26)23(2)20(22)30)6-3-4-7-17-24(10-5-11-32(27,28)29)15-9-8-13(21)12-16(15)31-17/h3-4,6-9,12H,5,10-11,21H2,1-2H3,(H,27,28,29)/b4-3+,17-7+. The van der Waals surface area contributed by atoms with Crippen LogP contribution >= 0.6 is 24.0 Å². The third-order valence-corrected chi connectivity index (χ3v) is 7.26. The maximum Gasteiger partial charge on any atom is 0.265 e. The van der Waals surface area contributed by atoms with E-state index < -0.39 is 21.9 Å². The number of nitrogens with zero attached hydrogens (tertiary/aromatic N) is 3. The van der Waals surface area contributed by atoms with Gasteiger partial charge < -0.3 is 10.6 Å². The van der Waals surface area contributed by atoms with E-state index in [9.17, 15) is 18.0 Å². The summed E-state index contributed by atoms with van der Waals surface area (Å²) in [6.45, 7) is 0.370. The third kappa shape index (κ3) is 5.21. The van der Waals surface area contributed by atoms with Crippen molar-refractivity contribution in [2.45, 2.75) is 11.3 Å². The Morgan fingerprint density at radius 2 is 1.75 bits per heavy atom. The Kier molecular flexibility index (Phi) is 7.08. The van der Waals surface area contributed by atoms with Crippen molar-refractivity contribution in [3.8, 4) is 0 Å². The van der Waals surface area contributed by atoms with Crippen LogP contribution < -0.4 is 10.6 Å². The molecule has 1 aromatic rings. The molecule has 0 aromatic heterocycles. The second-order valence-corrected chi connectivity index (χ2v) is 10.1. The van der Waals surface area contributed by atoms with Gasteiger partial charge in [-0.2, -0.15) is 8.42 Å². The molecule has 0 atom stereocenters. The number of allylic oxidation sites excluding steroid dienone is 4. The smallest absolute Gasteiger partial charge is 0.265 e. The molecule has 9 nitrogen and oxygen atoms in total. The summed E-state index contributed by atoms with van der Waals surface area (Å²) < 4.78 is 31.2. The highest BCUT2D eigenvalue weighted by molar-refractivity contribution is 8.03. The van der Waals surface area contributed by atoms with Gasteiger partial charge in [-0.15, -0.1) is 0 Å². The Morgan fingerprint density at radius 3 is 2.38 bits per heavy atom. The van der Waals surface area contributed by atoms with Gasteiger partial charge in [0.1, 0.15) is 5.57 Å². The number of likely N-dealkylation sites (N-methyl/N-ethyl adjacent to an activating group) is 2. The number of carbonyl (C=O) groups excluding carboxylic acids is 2. The molecule has 2 heterocycles. The number of hydrogen-bond acceptors (Lipinski definition) is 8. The lowest BCUT2D eigenvalue weighted by molar-refractivity contribution is -0.132. The average molecular weight is 495 g/mol. The van der Waals surface area contributed by atoms with Crippen molar-refractivity contribution >= 4 is 62.4 Å².